The van der Waals surface area contributed by atoms with E-state index in [0.717, 1.165) is 12.3 Å². The van der Waals surface area contributed by atoms with E-state index in [1.54, 1.807) is 18.6 Å². The predicted octanol–water partition coefficient (Wildman–Crippen LogP) is 1.97. The van der Waals surface area contributed by atoms with Crippen LogP contribution in [0.3, 0.4) is 0 Å². The van der Waals surface area contributed by atoms with Crippen LogP contribution in [0, 0.1) is 6.92 Å². The molecule has 0 radical (unpaired) electrons. The number of aromatic nitrogens is 2. The summed E-state index contributed by atoms with van der Waals surface area (Å²) in [5, 5.41) is 0. The molecule has 0 aliphatic carbocycles. The van der Waals surface area contributed by atoms with Crippen molar-refractivity contribution in [3.8, 4) is 0 Å². The van der Waals surface area contributed by atoms with Crippen LogP contribution in [-0.2, 0) is 4.74 Å². The maximum Gasteiger partial charge on any atom is 0.0555 e. The topological polar surface area (TPSA) is 35.0 Å². The number of ether oxygens (including phenoxy) is 1. The molecular formula is C10H16N2O. The smallest absolute Gasteiger partial charge is 0.0555 e. The highest BCUT2D eigenvalue weighted by atomic mass is 16.5. The van der Waals surface area contributed by atoms with Gasteiger partial charge in [-0.1, -0.05) is 0 Å². The van der Waals surface area contributed by atoms with Crippen LogP contribution in [-0.4, -0.2) is 22.7 Å². The third-order valence-electron chi connectivity index (χ3n) is 1.85. The molecule has 2 heterocycles. The molecule has 72 valence electrons. The molecule has 1 aromatic heterocycles. The molecule has 2 rings (SSSR count). The van der Waals surface area contributed by atoms with Crippen LogP contribution in [0.5, 0.6) is 0 Å². The van der Waals surface area contributed by atoms with Crippen LogP contribution >= 0.6 is 0 Å². The molecule has 0 saturated carbocycles. The molecule has 1 aliphatic heterocycles. The van der Waals surface area contributed by atoms with Gasteiger partial charge in [-0.05, 0) is 26.7 Å². The van der Waals surface area contributed by atoms with Gasteiger partial charge in [0.05, 0.1) is 11.8 Å². The number of nitrogens with zero attached hydrogens (tertiary/aromatic N) is 2. The van der Waals surface area contributed by atoms with Crippen molar-refractivity contribution in [2.75, 3.05) is 6.61 Å². The van der Waals surface area contributed by atoms with Gasteiger partial charge in [0.2, 0.25) is 0 Å². The van der Waals surface area contributed by atoms with Crippen molar-refractivity contribution in [3.05, 3.63) is 24.3 Å². The number of rotatable bonds is 0. The quantitative estimate of drug-likeness (QED) is 0.612. The average Bonchev–Trinajstić information content (AvgIpc) is 2.58. The second kappa shape index (κ2) is 5.65. The highest BCUT2D eigenvalue weighted by molar-refractivity contribution is 4.88. The van der Waals surface area contributed by atoms with Crippen LogP contribution in [0.2, 0.25) is 0 Å². The first-order valence-corrected chi connectivity index (χ1v) is 4.63. The molecule has 0 N–H and O–H groups in total. The van der Waals surface area contributed by atoms with Gasteiger partial charge in [0, 0.05) is 25.2 Å². The predicted molar refractivity (Wildman–Crippen MR) is 51.4 cm³/mol. The van der Waals surface area contributed by atoms with Crippen molar-refractivity contribution >= 4 is 0 Å². The van der Waals surface area contributed by atoms with Gasteiger partial charge in [0.15, 0.2) is 0 Å². The lowest BCUT2D eigenvalue weighted by Crippen LogP contribution is -1.94. The summed E-state index contributed by atoms with van der Waals surface area (Å²) in [6.45, 7) is 5.02. The van der Waals surface area contributed by atoms with Gasteiger partial charge >= 0.3 is 0 Å². The van der Waals surface area contributed by atoms with Gasteiger partial charge in [0.25, 0.3) is 0 Å². The fourth-order valence-corrected chi connectivity index (χ4v) is 1.11. The van der Waals surface area contributed by atoms with Crippen molar-refractivity contribution in [3.63, 3.8) is 0 Å². The SMILES string of the molecule is CC1CCCO1.Cc1cnccn1. The first-order chi connectivity index (χ1) is 6.29. The molecule has 0 bridgehead atoms. The summed E-state index contributed by atoms with van der Waals surface area (Å²) in [6.07, 6.45) is 8.13. The molecule has 3 heteroatoms. The highest BCUT2D eigenvalue weighted by Crippen LogP contribution is 2.09. The Kier molecular flexibility index (Phi) is 4.40. The van der Waals surface area contributed by atoms with E-state index in [9.17, 15) is 0 Å². The van der Waals surface area contributed by atoms with Crippen molar-refractivity contribution in [2.45, 2.75) is 32.8 Å². The normalized spacial score (nSPS) is 20.6. The molecule has 3 nitrogen and oxygen atoms in total. The number of aryl methyl sites for hydroxylation is 1. The minimum absolute atomic E-state index is 0.546. The van der Waals surface area contributed by atoms with Crippen LogP contribution in [0.15, 0.2) is 18.6 Å². The Labute approximate surface area is 79.2 Å². The molecule has 0 amide bonds. The maximum absolute atomic E-state index is 5.15. The first-order valence-electron chi connectivity index (χ1n) is 4.63. The van der Waals surface area contributed by atoms with Gasteiger partial charge in [0.1, 0.15) is 0 Å². The monoisotopic (exact) mass is 180 g/mol. The van der Waals surface area contributed by atoms with Gasteiger partial charge in [-0.15, -0.1) is 0 Å². The minimum Gasteiger partial charge on any atom is -0.379 e. The summed E-state index contributed by atoms with van der Waals surface area (Å²) >= 11 is 0. The van der Waals surface area contributed by atoms with Crippen LogP contribution < -0.4 is 0 Å². The Morgan fingerprint density at radius 2 is 2.31 bits per heavy atom. The van der Waals surface area contributed by atoms with Crippen molar-refractivity contribution in [1.29, 1.82) is 0 Å². The van der Waals surface area contributed by atoms with Gasteiger partial charge in [-0.3, -0.25) is 9.97 Å². The van der Waals surface area contributed by atoms with Crippen LogP contribution in [0.4, 0.5) is 0 Å². The zero-order valence-corrected chi connectivity index (χ0v) is 8.23. The first kappa shape index (κ1) is 10.1. The molecule has 0 spiro atoms. The molecule has 1 fully saturated rings. The van der Waals surface area contributed by atoms with E-state index in [0.29, 0.717) is 6.10 Å². The summed E-state index contributed by atoms with van der Waals surface area (Å²) in [5.41, 5.74) is 0.961. The Hall–Kier alpha value is -0.960. The lowest BCUT2D eigenvalue weighted by molar-refractivity contribution is 0.125. The fraction of sp³-hybridized carbons (Fsp3) is 0.600. The average molecular weight is 180 g/mol. The molecule has 1 atom stereocenters. The lowest BCUT2D eigenvalue weighted by Gasteiger charge is -1.94. The maximum atomic E-state index is 5.15. The number of hydrogen-bond donors (Lipinski definition) is 0. The van der Waals surface area contributed by atoms with Crippen LogP contribution in [0.25, 0.3) is 0 Å². The summed E-state index contributed by atoms with van der Waals surface area (Å²) in [4.78, 5) is 7.74. The van der Waals surface area contributed by atoms with Gasteiger partial charge in [-0.25, -0.2) is 0 Å². The minimum atomic E-state index is 0.546. The largest absolute Gasteiger partial charge is 0.379 e. The summed E-state index contributed by atoms with van der Waals surface area (Å²) in [5.74, 6) is 0. The fourth-order valence-electron chi connectivity index (χ4n) is 1.11. The zero-order chi connectivity index (χ0) is 9.52. The second-order valence-electron chi connectivity index (χ2n) is 3.17. The molecule has 1 unspecified atom stereocenters. The second-order valence-corrected chi connectivity index (χ2v) is 3.17. The Morgan fingerprint density at radius 3 is 2.54 bits per heavy atom. The van der Waals surface area contributed by atoms with E-state index < -0.39 is 0 Å². The lowest BCUT2D eigenvalue weighted by atomic mass is 10.3. The Bertz CT molecular complexity index is 220. The summed E-state index contributed by atoms with van der Waals surface area (Å²) in [7, 11) is 0. The molecule has 1 aliphatic rings. The van der Waals surface area contributed by atoms with E-state index >= 15 is 0 Å². The van der Waals surface area contributed by atoms with Gasteiger partial charge in [-0.2, -0.15) is 0 Å². The van der Waals surface area contributed by atoms with E-state index in [2.05, 4.69) is 16.9 Å². The van der Waals surface area contributed by atoms with Gasteiger partial charge < -0.3 is 4.74 Å². The van der Waals surface area contributed by atoms with Crippen LogP contribution in [0.1, 0.15) is 25.5 Å². The molecule has 1 saturated heterocycles. The van der Waals surface area contributed by atoms with E-state index in [1.165, 1.54) is 12.8 Å². The molecular weight excluding hydrogens is 164 g/mol. The standard InChI is InChI=1S/C5H6N2.C5H10O/c1-5-4-6-2-3-7-5;1-5-3-2-4-6-5/h2-4H,1H3;5H,2-4H2,1H3. The summed E-state index contributed by atoms with van der Waals surface area (Å²) < 4.78 is 5.15. The Morgan fingerprint density at radius 1 is 1.46 bits per heavy atom. The Balaban J connectivity index is 0.000000132. The van der Waals surface area contributed by atoms with E-state index in [1.807, 2.05) is 6.92 Å². The van der Waals surface area contributed by atoms with Crippen molar-refractivity contribution in [2.24, 2.45) is 0 Å². The molecule has 13 heavy (non-hydrogen) atoms. The third kappa shape index (κ3) is 4.58. The van der Waals surface area contributed by atoms with E-state index in [4.69, 9.17) is 4.74 Å². The zero-order valence-electron chi connectivity index (χ0n) is 8.23. The van der Waals surface area contributed by atoms with E-state index in [-0.39, 0.29) is 0 Å². The number of hydrogen-bond acceptors (Lipinski definition) is 3. The third-order valence-corrected chi connectivity index (χ3v) is 1.85. The van der Waals surface area contributed by atoms with Crippen molar-refractivity contribution < 1.29 is 4.74 Å². The van der Waals surface area contributed by atoms with Crippen molar-refractivity contribution in [1.82, 2.24) is 9.97 Å². The molecule has 1 aromatic rings. The molecule has 0 aromatic carbocycles. The summed E-state index contributed by atoms with van der Waals surface area (Å²) in [6, 6.07) is 0. The highest BCUT2D eigenvalue weighted by Gasteiger charge is 2.07.